The largest absolute Gasteiger partial charge is 0.496 e. The van der Waals surface area contributed by atoms with Gasteiger partial charge in [-0.3, -0.25) is 0 Å². The Kier molecular flexibility index (Phi) is 4.45. The number of halogens is 1. The van der Waals surface area contributed by atoms with E-state index >= 15 is 0 Å². The Labute approximate surface area is 116 Å². The van der Waals surface area contributed by atoms with Crippen molar-refractivity contribution in [1.29, 1.82) is 5.26 Å². The molecule has 0 spiro atoms. The molecule has 1 N–H and O–H groups in total. The highest BCUT2D eigenvalue weighted by Crippen LogP contribution is 2.25. The summed E-state index contributed by atoms with van der Waals surface area (Å²) in [6.07, 6.45) is 0. The van der Waals surface area contributed by atoms with Crippen LogP contribution in [0.3, 0.4) is 0 Å². The minimum Gasteiger partial charge on any atom is -0.496 e. The quantitative estimate of drug-likeness (QED) is 0.912. The van der Waals surface area contributed by atoms with Gasteiger partial charge in [-0.25, -0.2) is 0 Å². The number of nitrogens with zero attached hydrogens (tertiary/aromatic N) is 1. The van der Waals surface area contributed by atoms with E-state index < -0.39 is 0 Å². The summed E-state index contributed by atoms with van der Waals surface area (Å²) in [5, 5.41) is 12.5. The highest BCUT2D eigenvalue weighted by molar-refractivity contribution is 6.31. The summed E-state index contributed by atoms with van der Waals surface area (Å²) in [5.74, 6) is 1.77. The fourth-order valence-electron chi connectivity index (χ4n) is 1.75. The predicted octanol–water partition coefficient (Wildman–Crippen LogP) is 3.10. The summed E-state index contributed by atoms with van der Waals surface area (Å²) in [4.78, 5) is 0. The summed E-state index contributed by atoms with van der Waals surface area (Å²) in [6, 6.07) is 10.9. The normalized spacial score (nSPS) is 10.2. The maximum absolute atomic E-state index is 8.66. The number of nitriles is 1. The summed E-state index contributed by atoms with van der Waals surface area (Å²) in [6.45, 7) is 1.08. The zero-order valence-electron chi connectivity index (χ0n) is 10.4. The van der Waals surface area contributed by atoms with Gasteiger partial charge in [0, 0.05) is 17.1 Å². The van der Waals surface area contributed by atoms with Gasteiger partial charge in [-0.2, -0.15) is 5.26 Å². The van der Waals surface area contributed by atoms with Crippen LogP contribution in [0, 0.1) is 11.3 Å². The zero-order chi connectivity index (χ0) is 13.7. The van der Waals surface area contributed by atoms with E-state index in [9.17, 15) is 0 Å². The van der Waals surface area contributed by atoms with Crippen LogP contribution < -0.4 is 10.1 Å². The van der Waals surface area contributed by atoms with Gasteiger partial charge in [0.15, 0.2) is 0 Å². The molecule has 0 saturated heterocycles. The number of nitrogens with one attached hydrogen (secondary N) is 1. The molecular formula is C14H13ClN2O2. The van der Waals surface area contributed by atoms with Gasteiger partial charge < -0.3 is 14.5 Å². The predicted molar refractivity (Wildman–Crippen MR) is 72.0 cm³/mol. The summed E-state index contributed by atoms with van der Waals surface area (Å²) in [7, 11) is 1.61. The Morgan fingerprint density at radius 3 is 2.84 bits per heavy atom. The molecule has 0 saturated carbocycles. The van der Waals surface area contributed by atoms with Crippen LogP contribution in [0.4, 0.5) is 0 Å². The van der Waals surface area contributed by atoms with Crippen LogP contribution in [-0.4, -0.2) is 7.11 Å². The maximum Gasteiger partial charge on any atom is 0.203 e. The van der Waals surface area contributed by atoms with Crippen LogP contribution in [0.1, 0.15) is 17.1 Å². The molecule has 0 aliphatic rings. The smallest absolute Gasteiger partial charge is 0.203 e. The van der Waals surface area contributed by atoms with Crippen LogP contribution >= 0.6 is 11.6 Å². The van der Waals surface area contributed by atoms with E-state index in [1.165, 1.54) is 0 Å². The molecule has 2 aromatic rings. The summed E-state index contributed by atoms with van der Waals surface area (Å²) < 4.78 is 10.5. The fraction of sp³-hybridized carbons (Fsp3) is 0.214. The molecule has 4 nitrogen and oxygen atoms in total. The molecule has 0 fully saturated rings. The Morgan fingerprint density at radius 1 is 1.32 bits per heavy atom. The highest BCUT2D eigenvalue weighted by Gasteiger charge is 2.07. The van der Waals surface area contributed by atoms with Crippen LogP contribution in [0.5, 0.6) is 5.75 Å². The summed E-state index contributed by atoms with van der Waals surface area (Å²) >= 11 is 6.13. The molecule has 0 bridgehead atoms. The van der Waals surface area contributed by atoms with E-state index in [1.807, 2.05) is 24.3 Å². The average Bonchev–Trinajstić information content (AvgIpc) is 2.88. The third-order valence-electron chi connectivity index (χ3n) is 2.67. The third-order valence-corrected chi connectivity index (χ3v) is 3.02. The molecule has 5 heteroatoms. The van der Waals surface area contributed by atoms with Crippen LogP contribution in [0.15, 0.2) is 34.7 Å². The van der Waals surface area contributed by atoms with Gasteiger partial charge in [0.25, 0.3) is 0 Å². The molecule has 0 aliphatic carbocycles. The van der Waals surface area contributed by atoms with Crippen LogP contribution in [-0.2, 0) is 13.1 Å². The van der Waals surface area contributed by atoms with Crippen LogP contribution in [0.25, 0.3) is 0 Å². The fourth-order valence-corrected chi connectivity index (χ4v) is 1.98. The summed E-state index contributed by atoms with van der Waals surface area (Å²) in [5.41, 5.74) is 0.902. The number of furan rings is 1. The molecule has 1 aromatic carbocycles. The van der Waals surface area contributed by atoms with Crippen molar-refractivity contribution in [1.82, 2.24) is 5.32 Å². The SMILES string of the molecule is COc1cccc(Cl)c1CNCc1ccc(C#N)o1. The molecule has 98 valence electrons. The van der Waals surface area contributed by atoms with Gasteiger partial charge >= 0.3 is 0 Å². The number of methoxy groups -OCH3 is 1. The van der Waals surface area contributed by atoms with Crippen molar-refractivity contribution >= 4 is 11.6 Å². The molecule has 2 rings (SSSR count). The first-order chi connectivity index (χ1) is 9.24. The van der Waals surface area contributed by atoms with E-state index in [0.29, 0.717) is 29.6 Å². The Morgan fingerprint density at radius 2 is 2.16 bits per heavy atom. The van der Waals surface area contributed by atoms with E-state index in [4.69, 9.17) is 26.0 Å². The monoisotopic (exact) mass is 276 g/mol. The molecule has 0 radical (unpaired) electrons. The number of ether oxygens (including phenoxy) is 1. The molecule has 0 amide bonds. The second-order valence-corrected chi connectivity index (χ2v) is 4.31. The third kappa shape index (κ3) is 3.28. The lowest BCUT2D eigenvalue weighted by Crippen LogP contribution is -2.13. The Balaban J connectivity index is 1.98. The van der Waals surface area contributed by atoms with Gasteiger partial charge in [0.05, 0.1) is 13.7 Å². The second kappa shape index (κ2) is 6.28. The van der Waals surface area contributed by atoms with E-state index in [2.05, 4.69) is 5.32 Å². The topological polar surface area (TPSA) is 58.2 Å². The van der Waals surface area contributed by atoms with Gasteiger partial charge in [0.2, 0.25) is 5.76 Å². The molecule has 0 unspecified atom stereocenters. The molecule has 19 heavy (non-hydrogen) atoms. The minimum atomic E-state index is 0.312. The first-order valence-electron chi connectivity index (χ1n) is 5.75. The molecular weight excluding hydrogens is 264 g/mol. The van der Waals surface area contributed by atoms with Crippen molar-refractivity contribution in [3.05, 3.63) is 52.4 Å². The lowest BCUT2D eigenvalue weighted by atomic mass is 10.2. The van der Waals surface area contributed by atoms with Gasteiger partial charge in [-0.15, -0.1) is 0 Å². The van der Waals surface area contributed by atoms with Crippen molar-refractivity contribution in [3.63, 3.8) is 0 Å². The number of benzene rings is 1. The van der Waals surface area contributed by atoms with Gasteiger partial charge in [-0.1, -0.05) is 17.7 Å². The van der Waals surface area contributed by atoms with E-state index in [0.717, 1.165) is 11.3 Å². The van der Waals surface area contributed by atoms with E-state index in [1.54, 1.807) is 19.2 Å². The van der Waals surface area contributed by atoms with E-state index in [-0.39, 0.29) is 0 Å². The van der Waals surface area contributed by atoms with Crippen molar-refractivity contribution in [2.24, 2.45) is 0 Å². The number of hydrogen-bond acceptors (Lipinski definition) is 4. The van der Waals surface area contributed by atoms with Crippen molar-refractivity contribution in [2.45, 2.75) is 13.1 Å². The lowest BCUT2D eigenvalue weighted by Gasteiger charge is -2.10. The zero-order valence-corrected chi connectivity index (χ0v) is 11.2. The van der Waals surface area contributed by atoms with Gasteiger partial charge in [0.1, 0.15) is 17.6 Å². The minimum absolute atomic E-state index is 0.312. The first kappa shape index (κ1) is 13.5. The maximum atomic E-state index is 8.66. The first-order valence-corrected chi connectivity index (χ1v) is 6.13. The molecule has 0 aliphatic heterocycles. The highest BCUT2D eigenvalue weighted by atomic mass is 35.5. The number of rotatable bonds is 5. The van der Waals surface area contributed by atoms with Gasteiger partial charge in [-0.05, 0) is 24.3 Å². The number of hydrogen-bond donors (Lipinski definition) is 1. The average molecular weight is 277 g/mol. The molecule has 1 aromatic heterocycles. The van der Waals surface area contributed by atoms with Crippen molar-refractivity contribution < 1.29 is 9.15 Å². The molecule has 0 atom stereocenters. The standard InChI is InChI=1S/C14H13ClN2O2/c1-18-14-4-2-3-13(15)12(14)9-17-8-11-6-5-10(7-16)19-11/h2-6,17H,8-9H2,1H3. The van der Waals surface area contributed by atoms with Crippen molar-refractivity contribution in [2.75, 3.05) is 7.11 Å². The lowest BCUT2D eigenvalue weighted by molar-refractivity contribution is 0.406. The van der Waals surface area contributed by atoms with Crippen molar-refractivity contribution in [3.8, 4) is 11.8 Å². The molecule has 1 heterocycles. The second-order valence-electron chi connectivity index (χ2n) is 3.90. The Hall–Kier alpha value is -1.96. The van der Waals surface area contributed by atoms with Crippen LogP contribution in [0.2, 0.25) is 5.02 Å². The Bertz CT molecular complexity index is 602.